The fraction of sp³-hybridized carbons (Fsp3) is 0.292. The number of aliphatic imine (C=N–C) groups is 1. The van der Waals surface area contributed by atoms with Gasteiger partial charge in [0.1, 0.15) is 22.0 Å². The number of allylic oxidation sites excluding steroid dienone is 1. The highest BCUT2D eigenvalue weighted by Gasteiger charge is 2.23. The molecule has 194 valence electrons. The Kier molecular flexibility index (Phi) is 9.53. The van der Waals surface area contributed by atoms with Crippen molar-refractivity contribution in [1.82, 2.24) is 15.3 Å². The summed E-state index contributed by atoms with van der Waals surface area (Å²) in [5.74, 6) is 5.38. The molecule has 37 heavy (non-hydrogen) atoms. The number of alkyl halides is 2. The van der Waals surface area contributed by atoms with Crippen molar-refractivity contribution in [2.45, 2.75) is 24.8 Å². The Morgan fingerprint density at radius 2 is 2.08 bits per heavy atom. The number of halogens is 2. The van der Waals surface area contributed by atoms with Crippen LogP contribution >= 0.6 is 11.8 Å². The largest absolute Gasteiger partial charge is 0.494 e. The van der Waals surface area contributed by atoms with E-state index in [1.165, 1.54) is 31.7 Å². The van der Waals surface area contributed by atoms with E-state index in [-0.39, 0.29) is 39.2 Å². The summed E-state index contributed by atoms with van der Waals surface area (Å²) in [6.07, 6.45) is 4.29. The normalized spacial score (nSPS) is 14.2. The van der Waals surface area contributed by atoms with Crippen molar-refractivity contribution in [2.75, 3.05) is 14.2 Å². The van der Waals surface area contributed by atoms with Gasteiger partial charge in [-0.05, 0) is 24.8 Å². The second kappa shape index (κ2) is 12.8. The molecule has 0 spiro atoms. The molecule has 2 aromatic rings. The first-order valence-corrected chi connectivity index (χ1v) is 11.8. The Bertz CT molecular complexity index is 1290. The minimum absolute atomic E-state index is 0.0112. The fourth-order valence-corrected chi connectivity index (χ4v) is 3.48. The molecule has 1 fully saturated rings. The van der Waals surface area contributed by atoms with Gasteiger partial charge >= 0.3 is 0 Å². The molecule has 0 bridgehead atoms. The number of aromatic nitrogens is 2. The molecule has 2 aromatic heterocycles. The van der Waals surface area contributed by atoms with Gasteiger partial charge in [-0.25, -0.2) is 13.8 Å². The Morgan fingerprint density at radius 1 is 1.32 bits per heavy atom. The smallest absolute Gasteiger partial charge is 0.280 e. The Balaban J connectivity index is 1.96. The first kappa shape index (κ1) is 27.6. The molecule has 0 aliphatic heterocycles. The van der Waals surface area contributed by atoms with Gasteiger partial charge < -0.3 is 26.3 Å². The zero-order valence-electron chi connectivity index (χ0n) is 20.0. The Hall–Kier alpha value is -4.02. The minimum atomic E-state index is -2.86. The number of nitrogens with zero attached hydrogens (tertiary/aromatic N) is 3. The maximum absolute atomic E-state index is 13.4. The summed E-state index contributed by atoms with van der Waals surface area (Å²) in [6.45, 7) is 0. The summed E-state index contributed by atoms with van der Waals surface area (Å²) in [7, 11) is 2.89. The second-order valence-electron chi connectivity index (χ2n) is 7.64. The van der Waals surface area contributed by atoms with Gasteiger partial charge in [-0.3, -0.25) is 20.2 Å². The first-order chi connectivity index (χ1) is 17.7. The van der Waals surface area contributed by atoms with Crippen molar-refractivity contribution in [3.63, 3.8) is 0 Å². The van der Waals surface area contributed by atoms with Crippen LogP contribution in [0.25, 0.3) is 11.1 Å². The number of hydrogen-bond donors (Lipinski definition) is 4. The average molecular weight is 530 g/mol. The van der Waals surface area contributed by atoms with Crippen LogP contribution in [0.5, 0.6) is 11.6 Å². The number of pyridine rings is 2. The molecule has 0 radical (unpaired) electrons. The highest BCUT2D eigenvalue weighted by atomic mass is 32.2. The standard InChI is InChI=1S/C24H25F2N7O3S/c1-30-8-7-19(27)36-21-10-14(15-9-17(22(25)26)31-12-18(15)35-2)16(11-32-21)23(34)33-24(29)37-20(28)6-5-13-3-4-13/h7-13,22,24,28H,3-4,27,29H2,1-2H3,(H,33,34)/b19-7+,28-20?,30-8?. The van der Waals surface area contributed by atoms with Gasteiger partial charge in [-0.1, -0.05) is 17.7 Å². The summed E-state index contributed by atoms with van der Waals surface area (Å²) in [5, 5.41) is 10.5. The number of nitrogens with one attached hydrogen (secondary N) is 2. The topological polar surface area (TPSA) is 162 Å². The van der Waals surface area contributed by atoms with Crippen molar-refractivity contribution in [2.24, 2.45) is 22.4 Å². The number of ether oxygens (including phenoxy) is 2. The molecule has 10 nitrogen and oxygen atoms in total. The quantitative estimate of drug-likeness (QED) is 0.127. The van der Waals surface area contributed by atoms with Gasteiger partial charge in [0.05, 0.1) is 18.9 Å². The molecule has 1 atom stereocenters. The lowest BCUT2D eigenvalue weighted by molar-refractivity contribution is 0.0951. The molecular weight excluding hydrogens is 504 g/mol. The van der Waals surface area contributed by atoms with E-state index in [4.69, 9.17) is 26.4 Å². The zero-order valence-corrected chi connectivity index (χ0v) is 20.8. The third kappa shape index (κ3) is 7.99. The van der Waals surface area contributed by atoms with Crippen LogP contribution in [0.2, 0.25) is 0 Å². The fourth-order valence-electron chi connectivity index (χ4n) is 2.94. The third-order valence-corrected chi connectivity index (χ3v) is 5.55. The minimum Gasteiger partial charge on any atom is -0.494 e. The Labute approximate surface area is 216 Å². The van der Waals surface area contributed by atoms with E-state index < -0.39 is 23.5 Å². The van der Waals surface area contributed by atoms with Crippen molar-refractivity contribution in [3.8, 4) is 34.6 Å². The molecule has 0 aromatic carbocycles. The van der Waals surface area contributed by atoms with Gasteiger partial charge in [0.2, 0.25) is 5.88 Å². The van der Waals surface area contributed by atoms with Gasteiger partial charge in [0.15, 0.2) is 5.88 Å². The number of hydrogen-bond acceptors (Lipinski definition) is 10. The van der Waals surface area contributed by atoms with E-state index in [1.54, 1.807) is 7.05 Å². The number of rotatable bonds is 9. The zero-order chi connectivity index (χ0) is 26.9. The van der Waals surface area contributed by atoms with Crippen LogP contribution in [0.3, 0.4) is 0 Å². The lowest BCUT2D eigenvalue weighted by atomic mass is 10.00. The van der Waals surface area contributed by atoms with Crippen molar-refractivity contribution in [1.29, 1.82) is 5.41 Å². The number of carbonyl (C=O) groups excluding carboxylic acids is 1. The molecule has 0 saturated heterocycles. The van der Waals surface area contributed by atoms with Crippen LogP contribution in [0.4, 0.5) is 8.78 Å². The molecule has 6 N–H and O–H groups in total. The van der Waals surface area contributed by atoms with Crippen molar-refractivity contribution in [3.05, 3.63) is 47.7 Å². The monoisotopic (exact) mass is 529 g/mol. The molecular formula is C24H25F2N7O3S. The Morgan fingerprint density at radius 3 is 2.73 bits per heavy atom. The molecule has 1 aliphatic rings. The van der Waals surface area contributed by atoms with Crippen molar-refractivity contribution >= 4 is 28.9 Å². The highest BCUT2D eigenvalue weighted by molar-refractivity contribution is 8.14. The highest BCUT2D eigenvalue weighted by Crippen LogP contribution is 2.36. The number of thioether (sulfide) groups is 1. The van der Waals surface area contributed by atoms with E-state index in [0.29, 0.717) is 5.92 Å². The molecule has 1 saturated carbocycles. The number of methoxy groups -OCH3 is 1. The van der Waals surface area contributed by atoms with Gasteiger partial charge in [0.25, 0.3) is 12.3 Å². The lowest BCUT2D eigenvalue weighted by Crippen LogP contribution is -2.39. The van der Waals surface area contributed by atoms with E-state index in [1.807, 2.05) is 0 Å². The van der Waals surface area contributed by atoms with Crippen LogP contribution in [-0.2, 0) is 0 Å². The van der Waals surface area contributed by atoms with E-state index in [2.05, 4.69) is 32.1 Å². The van der Waals surface area contributed by atoms with Gasteiger partial charge in [-0.2, -0.15) is 0 Å². The molecule has 3 rings (SSSR count). The molecule has 13 heteroatoms. The van der Waals surface area contributed by atoms with Crippen LogP contribution in [-0.4, -0.2) is 46.8 Å². The van der Waals surface area contributed by atoms with Crippen LogP contribution in [0.15, 0.2) is 41.5 Å². The summed E-state index contributed by atoms with van der Waals surface area (Å²) in [4.78, 5) is 24.7. The SMILES string of the molecule is CN=C/C=C(\N)Oc1cc(-c2cc(C(F)F)ncc2OC)c(C(=O)NC(N)SC(=N)C#CC2CC2)cn1. The van der Waals surface area contributed by atoms with Crippen molar-refractivity contribution < 1.29 is 23.0 Å². The maximum atomic E-state index is 13.4. The molecule has 1 unspecified atom stereocenters. The van der Waals surface area contributed by atoms with Crippen LogP contribution in [0, 0.1) is 23.2 Å². The number of amides is 1. The average Bonchev–Trinajstić information content (AvgIpc) is 3.70. The third-order valence-electron chi connectivity index (χ3n) is 4.84. The number of carbonyl (C=O) groups is 1. The predicted octanol–water partition coefficient (Wildman–Crippen LogP) is 3.07. The first-order valence-electron chi connectivity index (χ1n) is 10.9. The summed E-state index contributed by atoms with van der Waals surface area (Å²) in [6, 6.07) is 2.47. The summed E-state index contributed by atoms with van der Waals surface area (Å²) >= 11 is 0.867. The van der Waals surface area contributed by atoms with Gasteiger partial charge in [-0.15, -0.1) is 0 Å². The van der Waals surface area contributed by atoms with E-state index in [9.17, 15) is 13.6 Å². The second-order valence-corrected chi connectivity index (χ2v) is 8.79. The van der Waals surface area contributed by atoms with E-state index >= 15 is 0 Å². The molecule has 1 aliphatic carbocycles. The summed E-state index contributed by atoms with van der Waals surface area (Å²) in [5.41, 5.74) is 10.6. The van der Waals surface area contributed by atoms with Crippen LogP contribution in [0.1, 0.15) is 35.3 Å². The lowest BCUT2D eigenvalue weighted by Gasteiger charge is -2.17. The number of nitrogens with two attached hydrogens (primary N) is 2. The molecule has 2 heterocycles. The van der Waals surface area contributed by atoms with Crippen LogP contribution < -0.4 is 26.3 Å². The van der Waals surface area contributed by atoms with Gasteiger partial charge in [0, 0.05) is 48.6 Å². The maximum Gasteiger partial charge on any atom is 0.280 e. The molecule has 1 amide bonds. The van der Waals surface area contributed by atoms with E-state index in [0.717, 1.165) is 36.9 Å². The summed E-state index contributed by atoms with van der Waals surface area (Å²) < 4.78 is 37.6. The predicted molar refractivity (Wildman–Crippen MR) is 138 cm³/mol.